The quantitative estimate of drug-likeness (QED) is 0.441. The third-order valence-electron chi connectivity index (χ3n) is 2.47. The van der Waals surface area contributed by atoms with Gasteiger partial charge in [0.25, 0.3) is 0 Å². The van der Waals surface area contributed by atoms with Crippen molar-refractivity contribution in [2.45, 2.75) is 6.61 Å². The Morgan fingerprint density at radius 2 is 1.55 bits per heavy atom. The van der Waals surface area contributed by atoms with E-state index < -0.39 is 5.97 Å². The largest absolute Gasteiger partial charge is 1.00 e. The molecule has 114 valence electrons. The zero-order chi connectivity index (χ0) is 15.0. The van der Waals surface area contributed by atoms with Crippen LogP contribution >= 0.6 is 0 Å². The number of carbonyl (C=O) groups excluding carboxylic acids is 1. The summed E-state index contributed by atoms with van der Waals surface area (Å²) in [5.41, 5.74) is 0.757. The van der Waals surface area contributed by atoms with Gasteiger partial charge in [-0.3, -0.25) is 0 Å². The van der Waals surface area contributed by atoms with E-state index >= 15 is 0 Å². The van der Waals surface area contributed by atoms with Crippen LogP contribution in [0.5, 0.6) is 11.5 Å². The van der Waals surface area contributed by atoms with Crippen LogP contribution in [0.15, 0.2) is 48.5 Å². The number of benzene rings is 2. The van der Waals surface area contributed by atoms with Crippen molar-refractivity contribution in [3.63, 3.8) is 0 Å². The van der Waals surface area contributed by atoms with Gasteiger partial charge in [0.2, 0.25) is 0 Å². The molecule has 0 aliphatic rings. The first-order valence-electron chi connectivity index (χ1n) is 5.84. The number of esters is 1. The molecular formula is C15H20AlLiO5. The maximum atomic E-state index is 10.9. The van der Waals surface area contributed by atoms with E-state index in [1.54, 1.807) is 36.4 Å². The second-order valence-corrected chi connectivity index (χ2v) is 3.80. The average Bonchev–Trinajstić information content (AvgIpc) is 2.48. The summed E-state index contributed by atoms with van der Waals surface area (Å²) in [6.07, 6.45) is 0. The molecule has 2 rings (SSSR count). The summed E-state index contributed by atoms with van der Waals surface area (Å²) < 4.78 is 4.42. The smallest absolute Gasteiger partial charge is 1.00 e. The van der Waals surface area contributed by atoms with Crippen LogP contribution in [0.2, 0.25) is 0 Å². The van der Waals surface area contributed by atoms with Crippen molar-refractivity contribution >= 4 is 23.3 Å². The molecule has 22 heavy (non-hydrogen) atoms. The van der Waals surface area contributed by atoms with Crippen molar-refractivity contribution in [2.75, 3.05) is 7.11 Å². The van der Waals surface area contributed by atoms with E-state index in [1.807, 2.05) is 0 Å². The standard InChI is InChI=1S/C8H8O3.C7H8O2.Al.Li.4H/c1-11-8(10)6-4-2-3-5-7(6)9;8-5-6-3-1-2-4-7(6)9;;;;;;/h2-5,9H,1H3;1-4,8-9H,5H2;;;;;;/q;;;+1;;;;-1. The number of rotatable bonds is 2. The summed E-state index contributed by atoms with van der Waals surface area (Å²) in [6.45, 7) is -0.104. The number of aromatic hydroxyl groups is 2. The number of phenolic OH excluding ortho intramolecular Hbond substituents is 1. The molecule has 0 heterocycles. The molecule has 0 saturated carbocycles. The van der Waals surface area contributed by atoms with Gasteiger partial charge in [0.05, 0.1) is 13.7 Å². The monoisotopic (exact) mass is 314 g/mol. The molecule has 0 unspecified atom stereocenters. The van der Waals surface area contributed by atoms with Gasteiger partial charge in [-0.2, -0.15) is 0 Å². The molecule has 0 radical (unpaired) electrons. The summed E-state index contributed by atoms with van der Waals surface area (Å²) in [7, 11) is 1.27. The average molecular weight is 314 g/mol. The summed E-state index contributed by atoms with van der Waals surface area (Å²) >= 11 is 0. The van der Waals surface area contributed by atoms with Gasteiger partial charge >= 0.3 is 24.8 Å². The van der Waals surface area contributed by atoms with E-state index in [1.165, 1.54) is 19.2 Å². The second-order valence-electron chi connectivity index (χ2n) is 3.80. The molecule has 0 aromatic heterocycles. The Morgan fingerprint density at radius 3 is 1.95 bits per heavy atom. The number of methoxy groups -OCH3 is 1. The van der Waals surface area contributed by atoms with Gasteiger partial charge in [0.1, 0.15) is 17.1 Å². The van der Waals surface area contributed by atoms with Crippen molar-refractivity contribution in [3.05, 3.63) is 59.7 Å². The molecule has 0 aliphatic carbocycles. The van der Waals surface area contributed by atoms with Gasteiger partial charge in [-0.1, -0.05) is 30.3 Å². The van der Waals surface area contributed by atoms with Crippen molar-refractivity contribution in [3.8, 4) is 11.5 Å². The van der Waals surface area contributed by atoms with Crippen LogP contribution in [0.1, 0.15) is 17.3 Å². The maximum Gasteiger partial charge on any atom is 1.00 e. The van der Waals surface area contributed by atoms with Crippen molar-refractivity contribution in [2.24, 2.45) is 0 Å². The minimum Gasteiger partial charge on any atom is -1.00 e. The summed E-state index contributed by atoms with van der Waals surface area (Å²) in [5, 5.41) is 26.6. The van der Waals surface area contributed by atoms with Gasteiger partial charge < -0.3 is 21.5 Å². The van der Waals surface area contributed by atoms with Gasteiger partial charge in [-0.05, 0) is 18.2 Å². The van der Waals surface area contributed by atoms with Gasteiger partial charge in [0.15, 0.2) is 17.4 Å². The van der Waals surface area contributed by atoms with Crippen molar-refractivity contribution in [1.82, 2.24) is 0 Å². The summed E-state index contributed by atoms with van der Waals surface area (Å²) in [4.78, 5) is 10.9. The predicted molar refractivity (Wildman–Crippen MR) is 84.5 cm³/mol. The molecule has 0 amide bonds. The molecule has 5 nitrogen and oxygen atoms in total. The Kier molecular flexibility index (Phi) is 12.7. The van der Waals surface area contributed by atoms with E-state index in [9.17, 15) is 4.79 Å². The van der Waals surface area contributed by atoms with E-state index in [0.717, 1.165) is 0 Å². The van der Waals surface area contributed by atoms with Crippen LogP contribution in [0.25, 0.3) is 0 Å². The Bertz CT molecular complexity index is 583. The Labute approximate surface area is 153 Å². The third kappa shape index (κ3) is 7.04. The molecular weight excluding hydrogens is 294 g/mol. The molecule has 2 aromatic carbocycles. The Morgan fingerprint density at radius 1 is 1.05 bits per heavy atom. The van der Waals surface area contributed by atoms with Crippen LogP contribution in [0.4, 0.5) is 0 Å². The number of aliphatic hydroxyl groups excluding tert-OH is 1. The minimum absolute atomic E-state index is 0. The van der Waals surface area contributed by atoms with E-state index in [-0.39, 0.29) is 61.3 Å². The first kappa shape index (κ1) is 22.9. The number of ether oxygens (including phenoxy) is 1. The SMILES string of the molecule is COC(=O)c1ccccc1O.OCc1ccccc1O.[AlH3].[H-].[Li+]. The fourth-order valence-corrected chi connectivity index (χ4v) is 1.40. The first-order chi connectivity index (χ1) is 9.60. The van der Waals surface area contributed by atoms with Crippen molar-refractivity contribution < 1.29 is 45.1 Å². The van der Waals surface area contributed by atoms with Gasteiger partial charge in [0, 0.05) is 5.56 Å². The molecule has 0 aliphatic heterocycles. The normalized spacial score (nSPS) is 8.45. The van der Waals surface area contributed by atoms with Crippen LogP contribution in [0, 0.1) is 0 Å². The number of aliphatic hydroxyl groups is 1. The zero-order valence-corrected chi connectivity index (χ0v) is 12.0. The number of para-hydroxylation sites is 2. The molecule has 0 spiro atoms. The van der Waals surface area contributed by atoms with Gasteiger partial charge in [-0.15, -0.1) is 0 Å². The van der Waals surface area contributed by atoms with Gasteiger partial charge in [-0.25, -0.2) is 4.79 Å². The Hall–Kier alpha value is -1.40. The number of hydrogen-bond acceptors (Lipinski definition) is 5. The predicted octanol–water partition coefficient (Wildman–Crippen LogP) is -2.00. The van der Waals surface area contributed by atoms with E-state index in [4.69, 9.17) is 15.3 Å². The van der Waals surface area contributed by atoms with Crippen LogP contribution in [-0.4, -0.2) is 45.8 Å². The number of phenols is 2. The molecule has 0 fully saturated rings. The molecule has 3 N–H and O–H groups in total. The third-order valence-corrected chi connectivity index (χ3v) is 2.47. The number of carbonyl (C=O) groups is 1. The van der Waals surface area contributed by atoms with E-state index in [2.05, 4.69) is 4.74 Å². The van der Waals surface area contributed by atoms with E-state index in [0.29, 0.717) is 5.56 Å². The van der Waals surface area contributed by atoms with Crippen LogP contribution in [0.3, 0.4) is 0 Å². The van der Waals surface area contributed by atoms with Crippen LogP contribution in [-0.2, 0) is 11.3 Å². The fourth-order valence-electron chi connectivity index (χ4n) is 1.40. The maximum absolute atomic E-state index is 10.9. The second kappa shape index (κ2) is 12.2. The summed E-state index contributed by atoms with van der Waals surface area (Å²) in [5.74, 6) is -0.428. The fraction of sp³-hybridized carbons (Fsp3) is 0.133. The minimum atomic E-state index is -0.525. The molecule has 0 saturated heterocycles. The molecule has 2 aromatic rings. The first-order valence-corrected chi connectivity index (χ1v) is 5.84. The molecule has 0 atom stereocenters. The zero-order valence-electron chi connectivity index (χ0n) is 13.0. The Balaban J connectivity index is -0.000000312. The topological polar surface area (TPSA) is 87.0 Å². The molecule has 7 heteroatoms. The van der Waals surface area contributed by atoms with Crippen molar-refractivity contribution in [1.29, 1.82) is 0 Å². The number of hydrogen-bond donors (Lipinski definition) is 3. The summed E-state index contributed by atoms with van der Waals surface area (Å²) in [6, 6.07) is 12.9. The van der Waals surface area contributed by atoms with Crippen LogP contribution < -0.4 is 18.9 Å². The molecule has 0 bridgehead atoms.